The van der Waals surface area contributed by atoms with Gasteiger partial charge in [0.15, 0.2) is 0 Å². The van der Waals surface area contributed by atoms with Crippen LogP contribution in [0.2, 0.25) is 0 Å². The zero-order chi connectivity index (χ0) is 13.3. The molecule has 0 saturated carbocycles. The Labute approximate surface area is 106 Å². The molecule has 0 fully saturated rings. The number of aliphatic hydroxyl groups excluding tert-OH is 1. The van der Waals surface area contributed by atoms with Crippen molar-refractivity contribution in [2.24, 2.45) is 16.7 Å². The fourth-order valence-corrected chi connectivity index (χ4v) is 3.09. The minimum atomic E-state index is -0.406. The summed E-state index contributed by atoms with van der Waals surface area (Å²) in [5.41, 5.74) is 1.17. The van der Waals surface area contributed by atoms with Crippen molar-refractivity contribution in [2.75, 3.05) is 0 Å². The molecule has 0 bridgehead atoms. The van der Waals surface area contributed by atoms with Gasteiger partial charge in [0.1, 0.15) is 0 Å². The lowest BCUT2D eigenvalue weighted by molar-refractivity contribution is -0.0271. The summed E-state index contributed by atoms with van der Waals surface area (Å²) in [6.07, 6.45) is -0.406. The molecule has 0 radical (unpaired) electrons. The maximum atomic E-state index is 10.7. The molecule has 0 aliphatic heterocycles. The average molecular weight is 234 g/mol. The number of rotatable bonds is 2. The molecule has 0 aromatic heterocycles. The van der Waals surface area contributed by atoms with Gasteiger partial charge in [0.05, 0.1) is 6.10 Å². The van der Waals surface area contributed by atoms with Crippen molar-refractivity contribution in [3.63, 3.8) is 0 Å². The molecule has 0 saturated heterocycles. The molecule has 0 aliphatic carbocycles. The van der Waals surface area contributed by atoms with Crippen molar-refractivity contribution < 1.29 is 5.11 Å². The van der Waals surface area contributed by atoms with Gasteiger partial charge in [0.25, 0.3) is 0 Å². The topological polar surface area (TPSA) is 20.2 Å². The first-order valence-electron chi connectivity index (χ1n) is 6.37. The zero-order valence-electron chi connectivity index (χ0n) is 12.0. The molecule has 0 aliphatic rings. The highest BCUT2D eigenvalue weighted by atomic mass is 16.3. The van der Waals surface area contributed by atoms with E-state index in [0.717, 1.165) is 5.56 Å². The first-order chi connectivity index (χ1) is 7.64. The SMILES string of the molecule is CC(C)(C)C(C(O)c1ccccc1)C(C)(C)C. The third-order valence-corrected chi connectivity index (χ3v) is 3.32. The molecule has 0 heterocycles. The standard InChI is InChI=1S/C16H26O/c1-15(2,3)14(16(4,5)6)13(17)12-10-8-7-9-11-12/h7-11,13-14,17H,1-6H3. The largest absolute Gasteiger partial charge is 0.388 e. The summed E-state index contributed by atoms with van der Waals surface area (Å²) in [5.74, 6) is 0.220. The van der Waals surface area contributed by atoms with Crippen molar-refractivity contribution in [3.05, 3.63) is 35.9 Å². The maximum Gasteiger partial charge on any atom is 0.0828 e. The summed E-state index contributed by atoms with van der Waals surface area (Å²) in [6, 6.07) is 9.98. The second-order valence-corrected chi connectivity index (χ2v) is 7.07. The Kier molecular flexibility index (Phi) is 4.03. The molecule has 1 rings (SSSR count). The van der Waals surface area contributed by atoms with Crippen molar-refractivity contribution in [2.45, 2.75) is 47.6 Å². The Balaban J connectivity index is 3.09. The summed E-state index contributed by atoms with van der Waals surface area (Å²) in [5, 5.41) is 10.7. The fourth-order valence-electron chi connectivity index (χ4n) is 3.09. The van der Waals surface area contributed by atoms with Gasteiger partial charge in [-0.1, -0.05) is 71.9 Å². The van der Waals surface area contributed by atoms with E-state index in [1.54, 1.807) is 0 Å². The van der Waals surface area contributed by atoms with E-state index in [4.69, 9.17) is 0 Å². The molecule has 0 spiro atoms. The van der Waals surface area contributed by atoms with Crippen LogP contribution in [0, 0.1) is 16.7 Å². The van der Waals surface area contributed by atoms with E-state index in [2.05, 4.69) is 41.5 Å². The van der Waals surface area contributed by atoms with E-state index in [1.165, 1.54) is 0 Å². The minimum absolute atomic E-state index is 0.0769. The van der Waals surface area contributed by atoms with E-state index in [-0.39, 0.29) is 16.7 Å². The van der Waals surface area contributed by atoms with Gasteiger partial charge in [-0.15, -0.1) is 0 Å². The normalized spacial score (nSPS) is 15.1. The van der Waals surface area contributed by atoms with Crippen molar-refractivity contribution in [1.82, 2.24) is 0 Å². The number of hydrogen-bond acceptors (Lipinski definition) is 1. The van der Waals surface area contributed by atoms with Gasteiger partial charge in [-0.2, -0.15) is 0 Å². The molecular weight excluding hydrogens is 208 g/mol. The van der Waals surface area contributed by atoms with Crippen LogP contribution in [0.15, 0.2) is 30.3 Å². The highest BCUT2D eigenvalue weighted by molar-refractivity contribution is 5.19. The molecule has 17 heavy (non-hydrogen) atoms. The van der Waals surface area contributed by atoms with Crippen LogP contribution >= 0.6 is 0 Å². The summed E-state index contributed by atoms with van der Waals surface area (Å²) in [4.78, 5) is 0. The Morgan fingerprint density at radius 2 is 1.24 bits per heavy atom. The van der Waals surface area contributed by atoms with Crippen LogP contribution in [-0.2, 0) is 0 Å². The minimum Gasteiger partial charge on any atom is -0.388 e. The van der Waals surface area contributed by atoms with Crippen LogP contribution in [0.3, 0.4) is 0 Å². The van der Waals surface area contributed by atoms with Crippen molar-refractivity contribution in [1.29, 1.82) is 0 Å². The molecule has 1 aromatic rings. The second kappa shape index (κ2) is 4.81. The summed E-state index contributed by atoms with van der Waals surface area (Å²) in [7, 11) is 0. The predicted molar refractivity (Wildman–Crippen MR) is 73.8 cm³/mol. The average Bonchev–Trinajstić information content (AvgIpc) is 2.14. The lowest BCUT2D eigenvalue weighted by atomic mass is 9.63. The van der Waals surface area contributed by atoms with Crippen LogP contribution in [0.5, 0.6) is 0 Å². The Morgan fingerprint density at radius 3 is 1.59 bits per heavy atom. The quantitative estimate of drug-likeness (QED) is 0.802. The molecule has 1 N–H and O–H groups in total. The summed E-state index contributed by atoms with van der Waals surface area (Å²) in [6.45, 7) is 13.2. The molecule has 0 amide bonds. The Morgan fingerprint density at radius 1 is 0.824 bits per heavy atom. The lowest BCUT2D eigenvalue weighted by Crippen LogP contribution is -2.37. The van der Waals surface area contributed by atoms with Crippen LogP contribution in [0.25, 0.3) is 0 Å². The van der Waals surface area contributed by atoms with E-state index in [9.17, 15) is 5.11 Å². The van der Waals surface area contributed by atoms with Crippen molar-refractivity contribution >= 4 is 0 Å². The summed E-state index contributed by atoms with van der Waals surface area (Å²) < 4.78 is 0. The smallest absolute Gasteiger partial charge is 0.0828 e. The highest BCUT2D eigenvalue weighted by Crippen LogP contribution is 2.47. The number of hydrogen-bond donors (Lipinski definition) is 1. The van der Waals surface area contributed by atoms with E-state index >= 15 is 0 Å². The summed E-state index contributed by atoms with van der Waals surface area (Å²) >= 11 is 0. The monoisotopic (exact) mass is 234 g/mol. The molecule has 1 atom stereocenters. The van der Waals surface area contributed by atoms with Gasteiger partial charge in [-0.25, -0.2) is 0 Å². The molecule has 1 aromatic carbocycles. The molecule has 96 valence electrons. The first kappa shape index (κ1) is 14.2. The highest BCUT2D eigenvalue weighted by Gasteiger charge is 2.40. The second-order valence-electron chi connectivity index (χ2n) is 7.07. The number of aliphatic hydroxyl groups is 1. The molecule has 1 nitrogen and oxygen atoms in total. The van der Waals surface area contributed by atoms with Crippen molar-refractivity contribution in [3.8, 4) is 0 Å². The Hall–Kier alpha value is -0.820. The Bertz CT molecular complexity index is 326. The van der Waals surface area contributed by atoms with E-state index in [1.807, 2.05) is 30.3 Å². The van der Waals surface area contributed by atoms with Crippen LogP contribution in [-0.4, -0.2) is 5.11 Å². The third kappa shape index (κ3) is 3.57. The molecule has 1 unspecified atom stereocenters. The van der Waals surface area contributed by atoms with Gasteiger partial charge in [-0.3, -0.25) is 0 Å². The third-order valence-electron chi connectivity index (χ3n) is 3.32. The predicted octanol–water partition coefficient (Wildman–Crippen LogP) is 4.43. The zero-order valence-corrected chi connectivity index (χ0v) is 12.0. The van der Waals surface area contributed by atoms with Crippen LogP contribution < -0.4 is 0 Å². The molecule has 1 heteroatoms. The van der Waals surface area contributed by atoms with Gasteiger partial charge >= 0.3 is 0 Å². The maximum absolute atomic E-state index is 10.7. The lowest BCUT2D eigenvalue weighted by Gasteiger charge is -2.43. The fraction of sp³-hybridized carbons (Fsp3) is 0.625. The van der Waals surface area contributed by atoms with E-state index in [0.29, 0.717) is 0 Å². The molecular formula is C16H26O. The van der Waals surface area contributed by atoms with E-state index < -0.39 is 6.10 Å². The first-order valence-corrected chi connectivity index (χ1v) is 6.37. The van der Waals surface area contributed by atoms with Gasteiger partial charge in [0.2, 0.25) is 0 Å². The number of benzene rings is 1. The van der Waals surface area contributed by atoms with Crippen LogP contribution in [0.1, 0.15) is 53.2 Å². The van der Waals surface area contributed by atoms with Gasteiger partial charge in [-0.05, 0) is 22.3 Å². The van der Waals surface area contributed by atoms with Gasteiger partial charge < -0.3 is 5.11 Å². The van der Waals surface area contributed by atoms with Gasteiger partial charge in [0, 0.05) is 0 Å². The van der Waals surface area contributed by atoms with Crippen LogP contribution in [0.4, 0.5) is 0 Å².